The molecule has 0 aliphatic carbocycles. The number of methoxy groups -OCH3 is 1. The van der Waals surface area contributed by atoms with E-state index in [1.807, 2.05) is 36.7 Å². The number of hydrogen-bond acceptors (Lipinski definition) is 5. The summed E-state index contributed by atoms with van der Waals surface area (Å²) in [5.74, 6) is 1.97. The number of likely N-dealkylation sites (tertiary alicyclic amines) is 1. The van der Waals surface area contributed by atoms with Crippen molar-refractivity contribution >= 4 is 0 Å². The molecule has 1 aromatic carbocycles. The van der Waals surface area contributed by atoms with Crippen LogP contribution in [-0.2, 0) is 6.54 Å². The van der Waals surface area contributed by atoms with Gasteiger partial charge < -0.3 is 9.84 Å². The first-order valence-corrected chi connectivity index (χ1v) is 7.57. The van der Waals surface area contributed by atoms with Gasteiger partial charge in [0, 0.05) is 43.2 Å². The summed E-state index contributed by atoms with van der Waals surface area (Å²) in [5, 5.41) is 9.19. The van der Waals surface area contributed by atoms with Crippen LogP contribution in [0.1, 0.15) is 12.0 Å². The van der Waals surface area contributed by atoms with E-state index < -0.39 is 0 Å². The third-order valence-corrected chi connectivity index (χ3v) is 4.09. The first kappa shape index (κ1) is 14.9. The minimum atomic E-state index is 0.281. The quantitative estimate of drug-likeness (QED) is 0.914. The van der Waals surface area contributed by atoms with Crippen molar-refractivity contribution in [3.05, 3.63) is 42.2 Å². The maximum absolute atomic E-state index is 9.19. The van der Waals surface area contributed by atoms with Gasteiger partial charge in [-0.2, -0.15) is 0 Å². The predicted molar refractivity (Wildman–Crippen MR) is 84.5 cm³/mol. The van der Waals surface area contributed by atoms with Gasteiger partial charge in [0.05, 0.1) is 7.11 Å². The summed E-state index contributed by atoms with van der Waals surface area (Å²) in [4.78, 5) is 11.3. The molecule has 1 aliphatic heterocycles. The van der Waals surface area contributed by atoms with Crippen LogP contribution in [0.3, 0.4) is 0 Å². The van der Waals surface area contributed by atoms with Gasteiger partial charge in [0.25, 0.3) is 0 Å². The number of hydrogen-bond donors (Lipinski definition) is 1. The lowest BCUT2D eigenvalue weighted by Gasteiger charge is -2.15. The molecule has 2 heterocycles. The molecule has 5 nitrogen and oxygen atoms in total. The monoisotopic (exact) mass is 299 g/mol. The summed E-state index contributed by atoms with van der Waals surface area (Å²) in [6, 6.07) is 7.73. The Morgan fingerprint density at radius 1 is 1.23 bits per heavy atom. The third kappa shape index (κ3) is 3.43. The molecule has 0 amide bonds. The van der Waals surface area contributed by atoms with Gasteiger partial charge in [-0.15, -0.1) is 0 Å². The summed E-state index contributed by atoms with van der Waals surface area (Å²) in [6.45, 7) is 3.12. The maximum Gasteiger partial charge on any atom is 0.159 e. The topological polar surface area (TPSA) is 58.5 Å². The van der Waals surface area contributed by atoms with E-state index in [9.17, 15) is 5.11 Å². The normalized spacial score (nSPS) is 18.5. The minimum Gasteiger partial charge on any atom is -0.497 e. The van der Waals surface area contributed by atoms with Crippen LogP contribution in [0.4, 0.5) is 0 Å². The molecule has 22 heavy (non-hydrogen) atoms. The SMILES string of the molecule is COc1ccc(-c2ncc(CN3CC[C@@H](CO)C3)cn2)cc1. The molecular formula is C17H21N3O2. The molecule has 2 aromatic rings. The van der Waals surface area contributed by atoms with Crippen molar-refractivity contribution in [2.45, 2.75) is 13.0 Å². The Morgan fingerprint density at radius 3 is 2.55 bits per heavy atom. The highest BCUT2D eigenvalue weighted by Gasteiger charge is 2.21. The number of aromatic nitrogens is 2. The first-order valence-electron chi connectivity index (χ1n) is 7.57. The molecule has 0 saturated carbocycles. The van der Waals surface area contributed by atoms with Crippen molar-refractivity contribution in [3.8, 4) is 17.1 Å². The van der Waals surface area contributed by atoms with E-state index in [-0.39, 0.29) is 6.61 Å². The van der Waals surface area contributed by atoms with Crippen molar-refractivity contribution < 1.29 is 9.84 Å². The average molecular weight is 299 g/mol. The van der Waals surface area contributed by atoms with Gasteiger partial charge in [0.2, 0.25) is 0 Å². The van der Waals surface area contributed by atoms with Crippen LogP contribution >= 0.6 is 0 Å². The lowest BCUT2D eigenvalue weighted by Crippen LogP contribution is -2.21. The molecule has 1 aromatic heterocycles. The second-order valence-corrected chi connectivity index (χ2v) is 5.72. The molecule has 1 N–H and O–H groups in total. The molecule has 1 atom stereocenters. The zero-order valence-electron chi connectivity index (χ0n) is 12.8. The Bertz CT molecular complexity index is 598. The van der Waals surface area contributed by atoms with Gasteiger partial charge in [-0.05, 0) is 43.1 Å². The molecule has 1 aliphatic rings. The summed E-state index contributed by atoms with van der Waals surface area (Å²) in [7, 11) is 1.65. The van der Waals surface area contributed by atoms with Crippen molar-refractivity contribution in [2.24, 2.45) is 5.92 Å². The Balaban J connectivity index is 1.64. The number of aliphatic hydroxyl groups is 1. The zero-order valence-corrected chi connectivity index (χ0v) is 12.8. The number of benzene rings is 1. The molecule has 1 saturated heterocycles. The number of rotatable bonds is 5. The highest BCUT2D eigenvalue weighted by molar-refractivity contribution is 5.55. The van der Waals surface area contributed by atoms with Crippen LogP contribution in [0.15, 0.2) is 36.7 Å². The Labute approximate surface area is 130 Å². The highest BCUT2D eigenvalue weighted by Crippen LogP contribution is 2.20. The van der Waals surface area contributed by atoms with E-state index >= 15 is 0 Å². The molecule has 0 spiro atoms. The van der Waals surface area contributed by atoms with E-state index in [1.165, 1.54) is 0 Å². The molecule has 0 bridgehead atoms. The second kappa shape index (κ2) is 6.85. The fraction of sp³-hybridized carbons (Fsp3) is 0.412. The standard InChI is InChI=1S/C17H21N3O2/c1-22-16-4-2-15(3-5-16)17-18-8-14(9-19-17)11-20-7-6-13(10-20)12-21/h2-5,8-9,13,21H,6-7,10-12H2,1H3/t13-/m1/s1. The largest absolute Gasteiger partial charge is 0.497 e. The fourth-order valence-electron chi connectivity index (χ4n) is 2.79. The van der Waals surface area contributed by atoms with Crippen LogP contribution in [0.5, 0.6) is 5.75 Å². The molecule has 3 rings (SSSR count). The van der Waals surface area contributed by atoms with E-state index in [1.54, 1.807) is 7.11 Å². The van der Waals surface area contributed by atoms with E-state index in [0.29, 0.717) is 5.92 Å². The molecular weight excluding hydrogens is 278 g/mol. The first-order chi connectivity index (χ1) is 10.8. The number of aliphatic hydroxyl groups excluding tert-OH is 1. The lowest BCUT2D eigenvalue weighted by molar-refractivity contribution is 0.220. The molecule has 0 unspecified atom stereocenters. The van der Waals surface area contributed by atoms with Crippen LogP contribution in [-0.4, -0.2) is 46.8 Å². The van der Waals surface area contributed by atoms with Gasteiger partial charge in [-0.25, -0.2) is 9.97 Å². The Morgan fingerprint density at radius 2 is 1.95 bits per heavy atom. The van der Waals surface area contributed by atoms with E-state index in [4.69, 9.17) is 4.74 Å². The number of nitrogens with zero attached hydrogens (tertiary/aromatic N) is 3. The van der Waals surface area contributed by atoms with Crippen LogP contribution in [0, 0.1) is 5.92 Å². The minimum absolute atomic E-state index is 0.281. The molecule has 0 radical (unpaired) electrons. The molecule has 116 valence electrons. The van der Waals surface area contributed by atoms with Gasteiger partial charge >= 0.3 is 0 Å². The van der Waals surface area contributed by atoms with Gasteiger partial charge in [-0.1, -0.05) is 0 Å². The molecule has 5 heteroatoms. The number of ether oxygens (including phenoxy) is 1. The van der Waals surface area contributed by atoms with Crippen molar-refractivity contribution in [1.29, 1.82) is 0 Å². The zero-order chi connectivity index (χ0) is 15.4. The summed E-state index contributed by atoms with van der Waals surface area (Å²) in [6.07, 6.45) is 4.85. The van der Waals surface area contributed by atoms with Crippen molar-refractivity contribution in [2.75, 3.05) is 26.8 Å². The Kier molecular flexibility index (Phi) is 4.65. The van der Waals surface area contributed by atoms with Crippen LogP contribution in [0.2, 0.25) is 0 Å². The third-order valence-electron chi connectivity index (χ3n) is 4.09. The van der Waals surface area contributed by atoms with Gasteiger partial charge in [0.15, 0.2) is 5.82 Å². The van der Waals surface area contributed by atoms with Crippen molar-refractivity contribution in [3.63, 3.8) is 0 Å². The van der Waals surface area contributed by atoms with Crippen LogP contribution in [0.25, 0.3) is 11.4 Å². The van der Waals surface area contributed by atoms with E-state index in [0.717, 1.165) is 48.8 Å². The van der Waals surface area contributed by atoms with E-state index in [2.05, 4.69) is 14.9 Å². The van der Waals surface area contributed by atoms with Crippen LogP contribution < -0.4 is 4.74 Å². The van der Waals surface area contributed by atoms with Gasteiger partial charge in [0.1, 0.15) is 5.75 Å². The van der Waals surface area contributed by atoms with Crippen molar-refractivity contribution in [1.82, 2.24) is 14.9 Å². The second-order valence-electron chi connectivity index (χ2n) is 5.72. The lowest BCUT2D eigenvalue weighted by atomic mass is 10.1. The summed E-state index contributed by atoms with van der Waals surface area (Å²) in [5.41, 5.74) is 2.09. The van der Waals surface area contributed by atoms with Gasteiger partial charge in [-0.3, -0.25) is 4.90 Å². The Hall–Kier alpha value is -1.98. The predicted octanol–water partition coefficient (Wildman–Crippen LogP) is 1.97. The summed E-state index contributed by atoms with van der Waals surface area (Å²) < 4.78 is 5.15. The highest BCUT2D eigenvalue weighted by atomic mass is 16.5. The average Bonchev–Trinajstić information content (AvgIpc) is 3.03. The fourth-order valence-corrected chi connectivity index (χ4v) is 2.79. The molecule has 1 fully saturated rings. The smallest absolute Gasteiger partial charge is 0.159 e. The maximum atomic E-state index is 9.19. The summed E-state index contributed by atoms with van der Waals surface area (Å²) >= 11 is 0.